The summed E-state index contributed by atoms with van der Waals surface area (Å²) in [6.07, 6.45) is 5.44. The van der Waals surface area contributed by atoms with Crippen molar-refractivity contribution in [2.75, 3.05) is 18.0 Å². The first-order valence-corrected chi connectivity index (χ1v) is 8.97. The maximum Gasteiger partial charge on any atom is 0.407 e. The van der Waals surface area contributed by atoms with E-state index in [0.29, 0.717) is 11.6 Å². The topological polar surface area (TPSA) is 56.7 Å². The van der Waals surface area contributed by atoms with E-state index in [0.717, 1.165) is 43.6 Å². The number of carboxylic acid groups (broad SMARTS) is 1. The van der Waals surface area contributed by atoms with Crippen molar-refractivity contribution in [1.82, 2.24) is 9.88 Å². The number of halogens is 1. The van der Waals surface area contributed by atoms with Crippen LogP contribution in [-0.4, -0.2) is 34.2 Å². The van der Waals surface area contributed by atoms with Gasteiger partial charge in [-0.25, -0.2) is 4.79 Å². The second-order valence-corrected chi connectivity index (χ2v) is 7.09. The second-order valence-electron chi connectivity index (χ2n) is 6.65. The van der Waals surface area contributed by atoms with Crippen LogP contribution in [0.25, 0.3) is 0 Å². The maximum absolute atomic E-state index is 11.6. The molecule has 1 unspecified atom stereocenters. The number of rotatable bonds is 2. The van der Waals surface area contributed by atoms with Crippen molar-refractivity contribution in [3.63, 3.8) is 0 Å². The lowest BCUT2D eigenvalue weighted by Gasteiger charge is -2.34. The quantitative estimate of drug-likeness (QED) is 0.878. The van der Waals surface area contributed by atoms with Gasteiger partial charge in [0.15, 0.2) is 0 Å². The van der Waals surface area contributed by atoms with Crippen LogP contribution in [0.3, 0.4) is 0 Å². The van der Waals surface area contributed by atoms with Gasteiger partial charge >= 0.3 is 6.09 Å². The number of fused-ring (bicyclic) bond motifs is 1. The fourth-order valence-electron chi connectivity index (χ4n) is 4.04. The van der Waals surface area contributed by atoms with E-state index in [-0.39, 0.29) is 6.04 Å². The molecule has 1 amide bonds. The minimum absolute atomic E-state index is 0.0983. The minimum atomic E-state index is -0.851. The van der Waals surface area contributed by atoms with Crippen molar-refractivity contribution in [3.05, 3.63) is 58.4 Å². The van der Waals surface area contributed by atoms with Crippen LogP contribution < -0.4 is 4.90 Å². The molecule has 1 aromatic carbocycles. The number of hydrogen-bond donors (Lipinski definition) is 1. The van der Waals surface area contributed by atoms with Gasteiger partial charge in [0.2, 0.25) is 0 Å². The molecule has 25 heavy (non-hydrogen) atoms. The first-order valence-electron chi connectivity index (χ1n) is 8.59. The summed E-state index contributed by atoms with van der Waals surface area (Å²) in [6.45, 7) is 2.26. The standard InChI is InChI=1S/C19H20ClN3O2/c20-14-9-13-5-8-22(15-3-1-6-21-11-15)12-17(13)16(10-14)18-4-2-7-23(18)19(24)25/h1,3,6,9-11,18H,2,4-5,7-8,12H2,(H,24,25). The molecule has 1 fully saturated rings. The molecule has 0 radical (unpaired) electrons. The van der Waals surface area contributed by atoms with Crippen molar-refractivity contribution in [2.24, 2.45) is 0 Å². The van der Waals surface area contributed by atoms with Crippen molar-refractivity contribution < 1.29 is 9.90 Å². The summed E-state index contributed by atoms with van der Waals surface area (Å²) < 4.78 is 0. The van der Waals surface area contributed by atoms with Crippen molar-refractivity contribution in [1.29, 1.82) is 0 Å². The highest BCUT2D eigenvalue weighted by atomic mass is 35.5. The third-order valence-corrected chi connectivity index (χ3v) is 5.43. The lowest BCUT2D eigenvalue weighted by atomic mass is 9.90. The largest absolute Gasteiger partial charge is 0.465 e. The molecule has 3 heterocycles. The number of anilines is 1. The molecular weight excluding hydrogens is 338 g/mol. The Morgan fingerprint density at radius 2 is 2.20 bits per heavy atom. The average Bonchev–Trinajstić information content (AvgIpc) is 3.11. The average molecular weight is 358 g/mol. The van der Waals surface area contributed by atoms with Crippen molar-refractivity contribution in [2.45, 2.75) is 31.8 Å². The Balaban J connectivity index is 1.72. The number of likely N-dealkylation sites (tertiary alicyclic amines) is 1. The number of benzene rings is 1. The Morgan fingerprint density at radius 3 is 2.96 bits per heavy atom. The number of pyridine rings is 1. The van der Waals surface area contributed by atoms with E-state index in [1.165, 1.54) is 11.1 Å². The van der Waals surface area contributed by atoms with Gasteiger partial charge in [0, 0.05) is 30.9 Å². The predicted octanol–water partition coefficient (Wildman–Crippen LogP) is 4.11. The van der Waals surface area contributed by atoms with Gasteiger partial charge in [-0.05, 0) is 60.2 Å². The van der Waals surface area contributed by atoms with Crippen molar-refractivity contribution >= 4 is 23.4 Å². The normalized spacial score (nSPS) is 19.8. The summed E-state index contributed by atoms with van der Waals surface area (Å²) in [7, 11) is 0. The number of carbonyl (C=O) groups is 1. The molecule has 1 aromatic heterocycles. The molecule has 0 saturated carbocycles. The number of hydrogen-bond acceptors (Lipinski definition) is 3. The SMILES string of the molecule is O=C(O)N1CCCC1c1cc(Cl)cc2c1CN(c1cccnc1)CC2. The van der Waals surface area contributed by atoms with Crippen LogP contribution in [0.15, 0.2) is 36.7 Å². The molecule has 1 N–H and O–H groups in total. The zero-order valence-electron chi connectivity index (χ0n) is 13.9. The second kappa shape index (κ2) is 6.56. The third-order valence-electron chi connectivity index (χ3n) is 5.21. The Hall–Kier alpha value is -2.27. The molecule has 0 spiro atoms. The molecule has 1 saturated heterocycles. The van der Waals surface area contributed by atoms with Gasteiger partial charge in [-0.1, -0.05) is 11.6 Å². The van der Waals surface area contributed by atoms with Crippen LogP contribution in [0.2, 0.25) is 5.02 Å². The van der Waals surface area contributed by atoms with Gasteiger partial charge in [0.25, 0.3) is 0 Å². The zero-order chi connectivity index (χ0) is 17.4. The molecule has 2 aliphatic rings. The summed E-state index contributed by atoms with van der Waals surface area (Å²) in [5.74, 6) is 0. The minimum Gasteiger partial charge on any atom is -0.465 e. The number of aromatic nitrogens is 1. The molecule has 0 bridgehead atoms. The highest BCUT2D eigenvalue weighted by Crippen LogP contribution is 2.39. The molecule has 1 atom stereocenters. The third kappa shape index (κ3) is 3.04. The van der Waals surface area contributed by atoms with E-state index in [4.69, 9.17) is 11.6 Å². The fourth-order valence-corrected chi connectivity index (χ4v) is 4.28. The Bertz CT molecular complexity index is 797. The summed E-state index contributed by atoms with van der Waals surface area (Å²) in [5.41, 5.74) is 4.61. The summed E-state index contributed by atoms with van der Waals surface area (Å²) >= 11 is 6.35. The summed E-state index contributed by atoms with van der Waals surface area (Å²) in [5, 5.41) is 10.2. The van der Waals surface area contributed by atoms with Crippen LogP contribution in [0, 0.1) is 0 Å². The highest BCUT2D eigenvalue weighted by Gasteiger charge is 2.33. The molecule has 5 nitrogen and oxygen atoms in total. The van der Waals surface area contributed by atoms with Gasteiger partial charge in [0.1, 0.15) is 0 Å². The first-order chi connectivity index (χ1) is 12.1. The molecule has 6 heteroatoms. The lowest BCUT2D eigenvalue weighted by molar-refractivity contribution is 0.140. The van der Waals surface area contributed by atoms with Gasteiger partial charge in [-0.15, -0.1) is 0 Å². The van der Waals surface area contributed by atoms with Crippen LogP contribution >= 0.6 is 11.6 Å². The maximum atomic E-state index is 11.6. The molecule has 0 aliphatic carbocycles. The number of amides is 1. The Labute approximate surface area is 151 Å². The molecule has 130 valence electrons. The van der Waals surface area contributed by atoms with Gasteiger partial charge in [0.05, 0.1) is 17.9 Å². The van der Waals surface area contributed by atoms with Crippen molar-refractivity contribution in [3.8, 4) is 0 Å². The molecule has 4 rings (SSSR count). The first kappa shape index (κ1) is 16.2. The highest BCUT2D eigenvalue weighted by molar-refractivity contribution is 6.30. The van der Waals surface area contributed by atoms with E-state index < -0.39 is 6.09 Å². The monoisotopic (exact) mass is 357 g/mol. The zero-order valence-corrected chi connectivity index (χ0v) is 14.6. The van der Waals surface area contributed by atoms with Gasteiger partial charge in [-0.3, -0.25) is 4.98 Å². The fraction of sp³-hybridized carbons (Fsp3) is 0.368. The van der Waals surface area contributed by atoms with E-state index in [9.17, 15) is 9.90 Å². The van der Waals surface area contributed by atoms with Crippen LogP contribution in [0.5, 0.6) is 0 Å². The van der Waals surface area contributed by atoms with E-state index in [1.54, 1.807) is 11.1 Å². The Morgan fingerprint density at radius 1 is 1.32 bits per heavy atom. The van der Waals surface area contributed by atoms with Gasteiger partial charge in [-0.2, -0.15) is 0 Å². The lowest BCUT2D eigenvalue weighted by Crippen LogP contribution is -2.34. The predicted molar refractivity (Wildman–Crippen MR) is 97.1 cm³/mol. The van der Waals surface area contributed by atoms with E-state index in [1.807, 2.05) is 24.4 Å². The van der Waals surface area contributed by atoms with E-state index in [2.05, 4.69) is 16.0 Å². The van der Waals surface area contributed by atoms with Crippen LogP contribution in [0.4, 0.5) is 10.5 Å². The summed E-state index contributed by atoms with van der Waals surface area (Å²) in [4.78, 5) is 19.7. The van der Waals surface area contributed by atoms with Crippen LogP contribution in [-0.2, 0) is 13.0 Å². The molecule has 2 aromatic rings. The summed E-state index contributed by atoms with van der Waals surface area (Å²) in [6, 6.07) is 7.89. The number of nitrogens with zero attached hydrogens (tertiary/aromatic N) is 3. The van der Waals surface area contributed by atoms with Gasteiger partial charge < -0.3 is 14.9 Å². The van der Waals surface area contributed by atoms with E-state index >= 15 is 0 Å². The van der Waals surface area contributed by atoms with Crippen LogP contribution in [0.1, 0.15) is 35.6 Å². The molecule has 2 aliphatic heterocycles. The smallest absolute Gasteiger partial charge is 0.407 e. The molecular formula is C19H20ClN3O2. The Kier molecular flexibility index (Phi) is 4.25.